The van der Waals surface area contributed by atoms with Gasteiger partial charge in [0.25, 0.3) is 0 Å². The first kappa shape index (κ1) is 17.3. The lowest BCUT2D eigenvalue weighted by Gasteiger charge is -2.20. The molecule has 0 bridgehead atoms. The van der Waals surface area contributed by atoms with Crippen LogP contribution in [0.1, 0.15) is 29.2 Å². The molecule has 0 spiro atoms. The number of aryl methyl sites for hydroxylation is 2. The number of ether oxygens (including phenoxy) is 2. The molecule has 0 saturated heterocycles. The van der Waals surface area contributed by atoms with Crippen LogP contribution in [-0.4, -0.2) is 36.6 Å². The second-order valence-electron chi connectivity index (χ2n) is 6.42. The number of fused-ring (bicyclic) bond motifs is 1. The largest absolute Gasteiger partial charge is 0.493 e. The quantitative estimate of drug-likeness (QED) is 0.843. The zero-order valence-electron chi connectivity index (χ0n) is 15.0. The summed E-state index contributed by atoms with van der Waals surface area (Å²) in [5, 5.41) is 3.06. The van der Waals surface area contributed by atoms with Crippen molar-refractivity contribution in [1.82, 2.24) is 15.3 Å². The fourth-order valence-electron chi connectivity index (χ4n) is 3.36. The molecule has 1 aliphatic carbocycles. The molecule has 3 rings (SSSR count). The van der Waals surface area contributed by atoms with Crippen LogP contribution in [0.25, 0.3) is 0 Å². The van der Waals surface area contributed by atoms with Gasteiger partial charge in [0.05, 0.1) is 19.9 Å². The van der Waals surface area contributed by atoms with Crippen molar-refractivity contribution < 1.29 is 14.3 Å². The Kier molecular flexibility index (Phi) is 5.26. The third kappa shape index (κ3) is 3.95. The number of H-pyrrole nitrogens is 1. The molecule has 6 heteroatoms. The highest BCUT2D eigenvalue weighted by atomic mass is 16.5. The highest BCUT2D eigenvalue weighted by Gasteiger charge is 2.26. The van der Waals surface area contributed by atoms with Gasteiger partial charge in [0, 0.05) is 24.6 Å². The van der Waals surface area contributed by atoms with Gasteiger partial charge in [0.15, 0.2) is 11.5 Å². The van der Waals surface area contributed by atoms with E-state index in [-0.39, 0.29) is 11.8 Å². The van der Waals surface area contributed by atoms with Gasteiger partial charge in [-0.3, -0.25) is 4.79 Å². The van der Waals surface area contributed by atoms with Crippen LogP contribution < -0.4 is 14.8 Å². The highest BCUT2D eigenvalue weighted by molar-refractivity contribution is 5.79. The summed E-state index contributed by atoms with van der Waals surface area (Å²) in [4.78, 5) is 20.2. The van der Waals surface area contributed by atoms with Crippen LogP contribution in [0.2, 0.25) is 0 Å². The first-order chi connectivity index (χ1) is 12.1. The monoisotopic (exact) mass is 343 g/mol. The van der Waals surface area contributed by atoms with Crippen molar-refractivity contribution in [2.75, 3.05) is 20.8 Å². The van der Waals surface area contributed by atoms with Gasteiger partial charge >= 0.3 is 0 Å². The van der Waals surface area contributed by atoms with Crippen molar-refractivity contribution in [2.24, 2.45) is 5.92 Å². The minimum Gasteiger partial charge on any atom is -0.493 e. The average molecular weight is 343 g/mol. The molecule has 1 heterocycles. The van der Waals surface area contributed by atoms with E-state index in [0.29, 0.717) is 18.0 Å². The summed E-state index contributed by atoms with van der Waals surface area (Å²) < 4.78 is 10.6. The molecule has 2 N–H and O–H groups in total. The Bertz CT molecular complexity index is 754. The number of imidazole rings is 1. The number of carbonyl (C=O) groups excluding carboxylic acids is 1. The second kappa shape index (κ2) is 7.59. The Hall–Kier alpha value is -2.50. The Labute approximate surface area is 147 Å². The molecule has 1 amide bonds. The number of benzene rings is 1. The number of aromatic amines is 1. The summed E-state index contributed by atoms with van der Waals surface area (Å²) >= 11 is 0. The zero-order chi connectivity index (χ0) is 17.8. The molecule has 1 aromatic carbocycles. The number of aromatic nitrogens is 2. The van der Waals surface area contributed by atoms with Gasteiger partial charge < -0.3 is 19.8 Å². The topological polar surface area (TPSA) is 76.2 Å². The third-order valence-corrected chi connectivity index (χ3v) is 4.69. The molecule has 25 heavy (non-hydrogen) atoms. The molecular formula is C19H25N3O3. The van der Waals surface area contributed by atoms with E-state index in [1.54, 1.807) is 14.2 Å². The van der Waals surface area contributed by atoms with E-state index in [2.05, 4.69) is 15.3 Å². The predicted molar refractivity (Wildman–Crippen MR) is 95.1 cm³/mol. The van der Waals surface area contributed by atoms with Gasteiger partial charge in [0.1, 0.15) is 5.82 Å². The van der Waals surface area contributed by atoms with E-state index in [9.17, 15) is 4.79 Å². The van der Waals surface area contributed by atoms with E-state index in [0.717, 1.165) is 48.5 Å². The fraction of sp³-hybridized carbons (Fsp3) is 0.474. The predicted octanol–water partition coefficient (Wildman–Crippen LogP) is 2.20. The molecule has 6 nitrogen and oxygen atoms in total. The maximum atomic E-state index is 12.4. The standard InChI is InChI=1S/C19H25N3O3/c1-12-21-15-6-5-14(11-16(15)22-12)19(23)20-9-8-13-4-7-17(24-2)18(10-13)25-3/h4,7,10,14H,5-6,8-9,11H2,1-3H3,(H,20,23)(H,21,22)/t14-/m0/s1. The normalized spacial score (nSPS) is 16.2. The molecule has 0 saturated carbocycles. The van der Waals surface area contributed by atoms with Crippen molar-refractivity contribution in [3.63, 3.8) is 0 Å². The number of rotatable bonds is 6. The van der Waals surface area contributed by atoms with Crippen LogP contribution in [0.3, 0.4) is 0 Å². The minimum absolute atomic E-state index is 0.0257. The molecule has 134 valence electrons. The molecule has 1 atom stereocenters. The van der Waals surface area contributed by atoms with Crippen molar-refractivity contribution >= 4 is 5.91 Å². The summed E-state index contributed by atoms with van der Waals surface area (Å²) in [7, 11) is 3.24. The minimum atomic E-state index is 0.0257. The van der Waals surface area contributed by atoms with Crippen molar-refractivity contribution in [2.45, 2.75) is 32.6 Å². The number of nitrogens with one attached hydrogen (secondary N) is 2. The molecule has 0 fully saturated rings. The number of hydrogen-bond acceptors (Lipinski definition) is 4. The van der Waals surface area contributed by atoms with Crippen LogP contribution in [-0.2, 0) is 24.1 Å². The van der Waals surface area contributed by atoms with E-state index in [1.807, 2.05) is 25.1 Å². The summed E-state index contributed by atoms with van der Waals surface area (Å²) in [5.41, 5.74) is 3.34. The van der Waals surface area contributed by atoms with Crippen molar-refractivity contribution in [1.29, 1.82) is 0 Å². The van der Waals surface area contributed by atoms with Crippen LogP contribution >= 0.6 is 0 Å². The lowest BCUT2D eigenvalue weighted by Crippen LogP contribution is -2.35. The zero-order valence-corrected chi connectivity index (χ0v) is 15.0. The molecule has 0 unspecified atom stereocenters. The number of hydrogen-bond donors (Lipinski definition) is 2. The number of nitrogens with zero attached hydrogens (tertiary/aromatic N) is 1. The molecule has 1 aromatic heterocycles. The van der Waals surface area contributed by atoms with Crippen LogP contribution in [0, 0.1) is 12.8 Å². The molecular weight excluding hydrogens is 318 g/mol. The highest BCUT2D eigenvalue weighted by Crippen LogP contribution is 2.27. The molecule has 0 aliphatic heterocycles. The van der Waals surface area contributed by atoms with Gasteiger partial charge in [-0.05, 0) is 43.9 Å². The van der Waals surface area contributed by atoms with Crippen LogP contribution in [0.4, 0.5) is 0 Å². The Balaban J connectivity index is 1.51. The van der Waals surface area contributed by atoms with E-state index >= 15 is 0 Å². The Morgan fingerprint density at radius 1 is 1.32 bits per heavy atom. The number of carbonyl (C=O) groups is 1. The average Bonchev–Trinajstić information content (AvgIpc) is 3.00. The summed E-state index contributed by atoms with van der Waals surface area (Å²) in [6.45, 7) is 2.57. The van der Waals surface area contributed by atoms with Gasteiger partial charge in [-0.25, -0.2) is 4.98 Å². The lowest BCUT2D eigenvalue weighted by atomic mass is 9.89. The SMILES string of the molecule is COc1ccc(CCNC(=O)[C@H]2CCc3nc(C)[nH]c3C2)cc1OC. The van der Waals surface area contributed by atoms with Gasteiger partial charge in [-0.2, -0.15) is 0 Å². The molecule has 0 radical (unpaired) electrons. The van der Waals surface area contributed by atoms with Crippen LogP contribution in [0.15, 0.2) is 18.2 Å². The Morgan fingerprint density at radius 2 is 2.12 bits per heavy atom. The fourth-order valence-corrected chi connectivity index (χ4v) is 3.36. The number of amides is 1. The van der Waals surface area contributed by atoms with E-state index in [4.69, 9.17) is 9.47 Å². The maximum Gasteiger partial charge on any atom is 0.223 e. The summed E-state index contributed by atoms with van der Waals surface area (Å²) in [6, 6.07) is 5.83. The van der Waals surface area contributed by atoms with E-state index < -0.39 is 0 Å². The van der Waals surface area contributed by atoms with Gasteiger partial charge in [0.2, 0.25) is 5.91 Å². The van der Waals surface area contributed by atoms with Crippen molar-refractivity contribution in [3.8, 4) is 11.5 Å². The Morgan fingerprint density at radius 3 is 2.88 bits per heavy atom. The molecule has 2 aromatic rings. The summed E-state index contributed by atoms with van der Waals surface area (Å²) in [6.07, 6.45) is 3.23. The molecule has 1 aliphatic rings. The van der Waals surface area contributed by atoms with Crippen LogP contribution in [0.5, 0.6) is 11.5 Å². The lowest BCUT2D eigenvalue weighted by molar-refractivity contribution is -0.125. The van der Waals surface area contributed by atoms with Gasteiger partial charge in [-0.1, -0.05) is 6.07 Å². The first-order valence-electron chi connectivity index (χ1n) is 8.63. The van der Waals surface area contributed by atoms with E-state index in [1.165, 1.54) is 0 Å². The second-order valence-corrected chi connectivity index (χ2v) is 6.42. The third-order valence-electron chi connectivity index (χ3n) is 4.69. The van der Waals surface area contributed by atoms with Crippen molar-refractivity contribution in [3.05, 3.63) is 41.0 Å². The smallest absolute Gasteiger partial charge is 0.223 e. The maximum absolute atomic E-state index is 12.4. The number of methoxy groups -OCH3 is 2. The summed E-state index contributed by atoms with van der Waals surface area (Å²) in [5.74, 6) is 2.50. The van der Waals surface area contributed by atoms with Gasteiger partial charge in [-0.15, -0.1) is 0 Å². The first-order valence-corrected chi connectivity index (χ1v) is 8.63.